The number of rotatable bonds is 7. The number of nitrogens with one attached hydrogen (secondary N) is 1. The fourth-order valence-electron chi connectivity index (χ4n) is 1.80. The molecule has 0 heterocycles. The van der Waals surface area contributed by atoms with Gasteiger partial charge in [0, 0.05) is 6.42 Å². The van der Waals surface area contributed by atoms with E-state index in [2.05, 4.69) is 5.32 Å². The van der Waals surface area contributed by atoms with Gasteiger partial charge in [0.15, 0.2) is 0 Å². The van der Waals surface area contributed by atoms with Crippen molar-refractivity contribution in [1.82, 2.24) is 0 Å². The maximum Gasteiger partial charge on any atom is 0.337 e. The lowest BCUT2D eigenvalue weighted by Gasteiger charge is -2.11. The van der Waals surface area contributed by atoms with Gasteiger partial charge < -0.3 is 16.2 Å². The second-order valence-corrected chi connectivity index (χ2v) is 4.62. The first-order chi connectivity index (χ1) is 9.04. The number of anilines is 1. The summed E-state index contributed by atoms with van der Waals surface area (Å²) in [4.78, 5) is 22.8. The Labute approximate surface area is 112 Å². The molecule has 0 aliphatic rings. The molecule has 5 heteroatoms. The van der Waals surface area contributed by atoms with Gasteiger partial charge in [-0.05, 0) is 37.4 Å². The van der Waals surface area contributed by atoms with Gasteiger partial charge in [0.25, 0.3) is 0 Å². The smallest absolute Gasteiger partial charge is 0.337 e. The summed E-state index contributed by atoms with van der Waals surface area (Å²) in [5.74, 6) is -0.824. The number of aromatic carboxylic acids is 1. The lowest BCUT2D eigenvalue weighted by atomic mass is 10.0. The lowest BCUT2D eigenvalue weighted by molar-refractivity contribution is -0.116. The van der Waals surface area contributed by atoms with Gasteiger partial charge in [-0.1, -0.05) is 19.1 Å². The summed E-state index contributed by atoms with van der Waals surface area (Å²) in [7, 11) is 0. The van der Waals surface area contributed by atoms with E-state index in [1.165, 1.54) is 6.07 Å². The second-order valence-electron chi connectivity index (χ2n) is 4.62. The zero-order valence-electron chi connectivity index (χ0n) is 11.1. The van der Waals surface area contributed by atoms with E-state index in [1.807, 2.05) is 6.92 Å². The largest absolute Gasteiger partial charge is 0.478 e. The number of nitrogens with two attached hydrogens (primary N) is 1. The lowest BCUT2D eigenvalue weighted by Crippen LogP contribution is -2.16. The van der Waals surface area contributed by atoms with E-state index in [1.54, 1.807) is 18.2 Å². The van der Waals surface area contributed by atoms with Crippen LogP contribution in [0.15, 0.2) is 24.3 Å². The summed E-state index contributed by atoms with van der Waals surface area (Å²) in [6, 6.07) is 6.38. The predicted molar refractivity (Wildman–Crippen MR) is 74.1 cm³/mol. The van der Waals surface area contributed by atoms with E-state index in [4.69, 9.17) is 10.8 Å². The van der Waals surface area contributed by atoms with Gasteiger partial charge in [0.05, 0.1) is 11.3 Å². The Morgan fingerprint density at radius 1 is 1.32 bits per heavy atom. The van der Waals surface area contributed by atoms with E-state index in [9.17, 15) is 9.59 Å². The van der Waals surface area contributed by atoms with Crippen LogP contribution >= 0.6 is 0 Å². The van der Waals surface area contributed by atoms with Crippen molar-refractivity contribution in [2.75, 3.05) is 11.9 Å². The first-order valence-electron chi connectivity index (χ1n) is 6.36. The Hall–Kier alpha value is -1.88. The molecule has 0 saturated heterocycles. The van der Waals surface area contributed by atoms with Crippen molar-refractivity contribution in [1.29, 1.82) is 0 Å². The molecule has 0 aliphatic heterocycles. The minimum atomic E-state index is -1.05. The molecule has 5 nitrogen and oxygen atoms in total. The first kappa shape index (κ1) is 15.2. The van der Waals surface area contributed by atoms with Crippen molar-refractivity contribution < 1.29 is 14.7 Å². The second kappa shape index (κ2) is 7.53. The molecule has 0 saturated carbocycles. The molecule has 1 atom stereocenters. The van der Waals surface area contributed by atoms with Crippen LogP contribution < -0.4 is 11.1 Å². The Kier molecular flexibility index (Phi) is 6.02. The van der Waals surface area contributed by atoms with Gasteiger partial charge in [-0.25, -0.2) is 4.79 Å². The number of carboxylic acids is 1. The number of hydrogen-bond acceptors (Lipinski definition) is 3. The summed E-state index contributed by atoms with van der Waals surface area (Å²) in [6.45, 7) is 2.66. The molecule has 4 N–H and O–H groups in total. The highest BCUT2D eigenvalue weighted by atomic mass is 16.4. The first-order valence-corrected chi connectivity index (χ1v) is 6.36. The van der Waals surface area contributed by atoms with Crippen LogP contribution in [0.2, 0.25) is 0 Å². The summed E-state index contributed by atoms with van der Waals surface area (Å²) in [6.07, 6.45) is 2.01. The third-order valence-electron chi connectivity index (χ3n) is 2.96. The van der Waals surface area contributed by atoms with E-state index in [0.29, 0.717) is 24.6 Å². The van der Waals surface area contributed by atoms with E-state index in [-0.39, 0.29) is 11.5 Å². The summed E-state index contributed by atoms with van der Waals surface area (Å²) < 4.78 is 0. The third kappa shape index (κ3) is 5.09. The minimum absolute atomic E-state index is 0.103. The molecule has 0 fully saturated rings. The predicted octanol–water partition coefficient (Wildman–Crippen LogP) is 2.09. The van der Waals surface area contributed by atoms with Gasteiger partial charge in [-0.3, -0.25) is 4.79 Å². The van der Waals surface area contributed by atoms with Crippen LogP contribution in [0.5, 0.6) is 0 Å². The molecular formula is C14H20N2O3. The zero-order chi connectivity index (χ0) is 14.3. The van der Waals surface area contributed by atoms with Crippen molar-refractivity contribution in [3.63, 3.8) is 0 Å². The van der Waals surface area contributed by atoms with Gasteiger partial charge in [-0.15, -0.1) is 0 Å². The normalized spacial score (nSPS) is 11.9. The van der Waals surface area contributed by atoms with E-state index < -0.39 is 5.97 Å². The highest BCUT2D eigenvalue weighted by molar-refractivity contribution is 6.00. The average Bonchev–Trinajstić information content (AvgIpc) is 2.37. The quantitative estimate of drug-likeness (QED) is 0.703. The molecule has 0 bridgehead atoms. The third-order valence-corrected chi connectivity index (χ3v) is 2.96. The minimum Gasteiger partial charge on any atom is -0.478 e. The van der Waals surface area contributed by atoms with Crippen LogP contribution in [0.1, 0.15) is 36.5 Å². The van der Waals surface area contributed by atoms with Crippen molar-refractivity contribution in [2.24, 2.45) is 11.7 Å². The highest BCUT2D eigenvalue weighted by Crippen LogP contribution is 2.16. The molecule has 1 aromatic carbocycles. The zero-order valence-corrected chi connectivity index (χ0v) is 11.1. The summed E-state index contributed by atoms with van der Waals surface area (Å²) in [5, 5.41) is 11.6. The van der Waals surface area contributed by atoms with Gasteiger partial charge in [-0.2, -0.15) is 0 Å². The maximum atomic E-state index is 11.8. The number of carbonyl (C=O) groups is 2. The number of benzene rings is 1. The SMILES string of the molecule is CC(CCN)CCC(=O)Nc1ccccc1C(=O)O. The topological polar surface area (TPSA) is 92.4 Å². The van der Waals surface area contributed by atoms with Crippen LogP contribution in [-0.2, 0) is 4.79 Å². The average molecular weight is 264 g/mol. The molecule has 1 aromatic rings. The monoisotopic (exact) mass is 264 g/mol. The molecule has 0 radical (unpaired) electrons. The van der Waals surface area contributed by atoms with Crippen LogP contribution in [0.4, 0.5) is 5.69 Å². The molecular weight excluding hydrogens is 244 g/mol. The molecule has 104 valence electrons. The van der Waals surface area contributed by atoms with Gasteiger partial charge >= 0.3 is 5.97 Å². The Bertz CT molecular complexity index is 446. The van der Waals surface area contributed by atoms with Crippen LogP contribution in [0.25, 0.3) is 0 Å². The number of hydrogen-bond donors (Lipinski definition) is 3. The molecule has 1 amide bonds. The summed E-state index contributed by atoms with van der Waals surface area (Å²) >= 11 is 0. The Balaban J connectivity index is 2.55. The van der Waals surface area contributed by atoms with Crippen molar-refractivity contribution in [3.8, 4) is 0 Å². The number of amides is 1. The van der Waals surface area contributed by atoms with Crippen molar-refractivity contribution in [2.45, 2.75) is 26.2 Å². The molecule has 0 aromatic heterocycles. The highest BCUT2D eigenvalue weighted by Gasteiger charge is 2.12. The number of para-hydroxylation sites is 1. The van der Waals surface area contributed by atoms with Gasteiger partial charge in [0.1, 0.15) is 0 Å². The van der Waals surface area contributed by atoms with E-state index >= 15 is 0 Å². The van der Waals surface area contributed by atoms with Crippen molar-refractivity contribution in [3.05, 3.63) is 29.8 Å². The number of carboxylic acid groups (broad SMARTS) is 1. The maximum absolute atomic E-state index is 11.8. The molecule has 19 heavy (non-hydrogen) atoms. The molecule has 1 unspecified atom stereocenters. The standard InChI is InChI=1S/C14H20N2O3/c1-10(8-9-15)6-7-13(17)16-12-5-3-2-4-11(12)14(18)19/h2-5,10H,6-9,15H2,1H3,(H,16,17)(H,18,19). The van der Waals surface area contributed by atoms with Crippen LogP contribution in [-0.4, -0.2) is 23.5 Å². The fraction of sp³-hybridized carbons (Fsp3) is 0.429. The molecule has 0 spiro atoms. The van der Waals surface area contributed by atoms with Crippen molar-refractivity contribution >= 4 is 17.6 Å². The summed E-state index contributed by atoms with van der Waals surface area (Å²) in [5.41, 5.74) is 5.89. The van der Waals surface area contributed by atoms with Crippen LogP contribution in [0.3, 0.4) is 0 Å². The number of carbonyl (C=O) groups excluding carboxylic acids is 1. The van der Waals surface area contributed by atoms with Gasteiger partial charge in [0.2, 0.25) is 5.91 Å². The Morgan fingerprint density at radius 2 is 2.00 bits per heavy atom. The van der Waals surface area contributed by atoms with E-state index in [0.717, 1.165) is 12.8 Å². The van der Waals surface area contributed by atoms with Crippen LogP contribution in [0, 0.1) is 5.92 Å². The molecule has 0 aliphatic carbocycles. The molecule has 1 rings (SSSR count). The Morgan fingerprint density at radius 3 is 2.63 bits per heavy atom. The fourth-order valence-corrected chi connectivity index (χ4v) is 1.80.